The van der Waals surface area contributed by atoms with Crippen LogP contribution in [0.3, 0.4) is 0 Å². The summed E-state index contributed by atoms with van der Waals surface area (Å²) in [6.07, 6.45) is 3.73. The van der Waals surface area contributed by atoms with Crippen LogP contribution >= 0.6 is 0 Å². The van der Waals surface area contributed by atoms with E-state index in [1.54, 1.807) is 17.0 Å². The van der Waals surface area contributed by atoms with E-state index in [-0.39, 0.29) is 23.4 Å². The summed E-state index contributed by atoms with van der Waals surface area (Å²) in [5.41, 5.74) is 0.121. The van der Waals surface area contributed by atoms with Gasteiger partial charge in [-0.15, -0.1) is 0 Å². The Morgan fingerprint density at radius 3 is 2.43 bits per heavy atom. The van der Waals surface area contributed by atoms with E-state index in [4.69, 9.17) is 4.74 Å². The molecule has 0 unspecified atom stereocenters. The van der Waals surface area contributed by atoms with Crippen LogP contribution in [0.2, 0.25) is 0 Å². The maximum absolute atomic E-state index is 13.9. The summed E-state index contributed by atoms with van der Waals surface area (Å²) in [4.78, 5) is 31.7. The van der Waals surface area contributed by atoms with E-state index in [0.717, 1.165) is 45.4 Å². The number of amides is 2. The highest BCUT2D eigenvalue weighted by Crippen LogP contribution is 2.25. The molecule has 0 bridgehead atoms. The van der Waals surface area contributed by atoms with Crippen LogP contribution in [0.4, 0.5) is 4.39 Å². The van der Waals surface area contributed by atoms with Gasteiger partial charge in [0.25, 0.3) is 5.91 Å². The van der Waals surface area contributed by atoms with Gasteiger partial charge in [0, 0.05) is 52.0 Å². The molecule has 3 aliphatic heterocycles. The zero-order chi connectivity index (χ0) is 19.5. The Kier molecular flexibility index (Phi) is 5.92. The van der Waals surface area contributed by atoms with Gasteiger partial charge in [-0.05, 0) is 37.8 Å². The number of rotatable bonds is 3. The fourth-order valence-electron chi connectivity index (χ4n) is 4.62. The Balaban J connectivity index is 1.36. The van der Waals surface area contributed by atoms with Crippen LogP contribution in [0.1, 0.15) is 36.0 Å². The zero-order valence-electron chi connectivity index (χ0n) is 16.2. The number of hydrogen-bond donors (Lipinski definition) is 0. The van der Waals surface area contributed by atoms with E-state index in [1.807, 2.05) is 0 Å². The highest BCUT2D eigenvalue weighted by atomic mass is 19.1. The summed E-state index contributed by atoms with van der Waals surface area (Å²) in [5, 5.41) is 0. The van der Waals surface area contributed by atoms with Crippen molar-refractivity contribution in [3.8, 4) is 0 Å². The number of ether oxygens (including phenoxy) is 1. The lowest BCUT2D eigenvalue weighted by atomic mass is 9.97. The molecule has 3 aliphatic rings. The van der Waals surface area contributed by atoms with Gasteiger partial charge in [0.2, 0.25) is 5.91 Å². The SMILES string of the molecule is O=C(c1ccccc1F)N1CCN([C@H]2CCCN(C3CCOCC3)C2=O)CC1. The maximum Gasteiger partial charge on any atom is 0.256 e. The Morgan fingerprint density at radius 2 is 1.71 bits per heavy atom. The molecule has 3 saturated heterocycles. The van der Waals surface area contributed by atoms with E-state index in [0.29, 0.717) is 32.2 Å². The number of benzene rings is 1. The van der Waals surface area contributed by atoms with Gasteiger partial charge in [0.15, 0.2) is 0 Å². The molecule has 4 rings (SSSR count). The van der Waals surface area contributed by atoms with Crippen LogP contribution in [0.25, 0.3) is 0 Å². The fraction of sp³-hybridized carbons (Fsp3) is 0.619. The number of carbonyl (C=O) groups excluding carboxylic acids is 2. The Labute approximate surface area is 165 Å². The molecule has 0 aromatic heterocycles. The second-order valence-electron chi connectivity index (χ2n) is 7.84. The Morgan fingerprint density at radius 1 is 1.00 bits per heavy atom. The third-order valence-electron chi connectivity index (χ3n) is 6.22. The molecule has 0 radical (unpaired) electrons. The third-order valence-corrected chi connectivity index (χ3v) is 6.22. The van der Waals surface area contributed by atoms with Gasteiger partial charge < -0.3 is 14.5 Å². The summed E-state index contributed by atoms with van der Waals surface area (Å²) in [7, 11) is 0. The van der Waals surface area contributed by atoms with Crippen LogP contribution in [0.15, 0.2) is 24.3 Å². The summed E-state index contributed by atoms with van der Waals surface area (Å²) in [5.74, 6) is -0.520. The highest BCUT2D eigenvalue weighted by Gasteiger charge is 2.38. The average molecular weight is 389 g/mol. The number of piperidine rings is 1. The van der Waals surface area contributed by atoms with Crippen LogP contribution < -0.4 is 0 Å². The largest absolute Gasteiger partial charge is 0.381 e. The molecule has 3 fully saturated rings. The topological polar surface area (TPSA) is 53.1 Å². The number of likely N-dealkylation sites (tertiary alicyclic amines) is 1. The van der Waals surface area contributed by atoms with Crippen LogP contribution in [0, 0.1) is 5.82 Å². The van der Waals surface area contributed by atoms with E-state index in [2.05, 4.69) is 9.80 Å². The molecule has 3 heterocycles. The van der Waals surface area contributed by atoms with Gasteiger partial charge in [0.05, 0.1) is 11.6 Å². The lowest BCUT2D eigenvalue weighted by molar-refractivity contribution is -0.145. The molecule has 0 N–H and O–H groups in total. The van der Waals surface area contributed by atoms with E-state index < -0.39 is 5.82 Å². The average Bonchev–Trinajstić information content (AvgIpc) is 2.75. The van der Waals surface area contributed by atoms with Gasteiger partial charge >= 0.3 is 0 Å². The molecule has 0 saturated carbocycles. The molecule has 7 heteroatoms. The number of piperazine rings is 1. The monoisotopic (exact) mass is 389 g/mol. The first-order valence-electron chi connectivity index (χ1n) is 10.3. The summed E-state index contributed by atoms with van der Waals surface area (Å²) >= 11 is 0. The molecule has 1 atom stereocenters. The normalized spacial score (nSPS) is 25.2. The smallest absolute Gasteiger partial charge is 0.256 e. The first-order chi connectivity index (χ1) is 13.6. The van der Waals surface area contributed by atoms with Crippen molar-refractivity contribution in [2.24, 2.45) is 0 Å². The molecule has 0 aliphatic carbocycles. The number of hydrogen-bond acceptors (Lipinski definition) is 4. The molecule has 28 heavy (non-hydrogen) atoms. The van der Waals surface area contributed by atoms with Crippen molar-refractivity contribution in [1.82, 2.24) is 14.7 Å². The van der Waals surface area contributed by atoms with Crippen LogP contribution in [-0.4, -0.2) is 84.5 Å². The van der Waals surface area contributed by atoms with Crippen molar-refractivity contribution in [1.29, 1.82) is 0 Å². The minimum Gasteiger partial charge on any atom is -0.381 e. The number of halogens is 1. The summed E-state index contributed by atoms with van der Waals surface area (Å²) in [6.45, 7) is 4.65. The predicted molar refractivity (Wildman–Crippen MR) is 102 cm³/mol. The minimum atomic E-state index is -0.482. The highest BCUT2D eigenvalue weighted by molar-refractivity contribution is 5.94. The minimum absolute atomic E-state index is 0.0951. The van der Waals surface area contributed by atoms with Gasteiger partial charge in [-0.25, -0.2) is 4.39 Å². The van der Waals surface area contributed by atoms with E-state index in [9.17, 15) is 14.0 Å². The molecule has 6 nitrogen and oxygen atoms in total. The second kappa shape index (κ2) is 8.57. The van der Waals surface area contributed by atoms with Gasteiger partial charge in [-0.3, -0.25) is 14.5 Å². The second-order valence-corrected chi connectivity index (χ2v) is 7.84. The van der Waals surface area contributed by atoms with Gasteiger partial charge in [-0.1, -0.05) is 12.1 Å². The van der Waals surface area contributed by atoms with Gasteiger partial charge in [-0.2, -0.15) is 0 Å². The third kappa shape index (κ3) is 3.91. The van der Waals surface area contributed by atoms with E-state index in [1.165, 1.54) is 12.1 Å². The quantitative estimate of drug-likeness (QED) is 0.791. The Bertz CT molecular complexity index is 715. The van der Waals surface area contributed by atoms with E-state index >= 15 is 0 Å². The zero-order valence-corrected chi connectivity index (χ0v) is 16.2. The van der Waals surface area contributed by atoms with Crippen LogP contribution in [-0.2, 0) is 9.53 Å². The number of carbonyl (C=O) groups is 2. The van der Waals surface area contributed by atoms with Crippen molar-refractivity contribution in [2.45, 2.75) is 37.8 Å². The molecule has 1 aromatic carbocycles. The van der Waals surface area contributed by atoms with Crippen molar-refractivity contribution in [2.75, 3.05) is 45.9 Å². The number of nitrogens with zero attached hydrogens (tertiary/aromatic N) is 3. The molecular weight excluding hydrogens is 361 g/mol. The molecule has 152 valence electrons. The summed E-state index contributed by atoms with van der Waals surface area (Å²) < 4.78 is 19.4. The molecule has 1 aromatic rings. The van der Waals surface area contributed by atoms with Crippen molar-refractivity contribution >= 4 is 11.8 Å². The maximum atomic E-state index is 13.9. The first-order valence-corrected chi connectivity index (χ1v) is 10.3. The van der Waals surface area contributed by atoms with Gasteiger partial charge in [0.1, 0.15) is 5.82 Å². The fourth-order valence-corrected chi connectivity index (χ4v) is 4.62. The molecule has 2 amide bonds. The molecular formula is C21H28FN3O3. The van der Waals surface area contributed by atoms with Crippen molar-refractivity contribution in [3.05, 3.63) is 35.6 Å². The predicted octanol–water partition coefficient (Wildman–Crippen LogP) is 1.75. The van der Waals surface area contributed by atoms with Crippen molar-refractivity contribution < 1.29 is 18.7 Å². The molecule has 0 spiro atoms. The lowest BCUT2D eigenvalue weighted by Crippen LogP contribution is -2.60. The standard InChI is InChI=1S/C21H28FN3O3/c22-18-5-2-1-4-17(18)20(26)24-12-10-23(11-13-24)19-6-3-9-25(21(19)27)16-7-14-28-15-8-16/h1-2,4-5,16,19H,3,6-15H2/t19-/m0/s1. The van der Waals surface area contributed by atoms with Crippen LogP contribution in [0.5, 0.6) is 0 Å². The van der Waals surface area contributed by atoms with Crippen molar-refractivity contribution in [3.63, 3.8) is 0 Å². The Hall–Kier alpha value is -1.99. The summed E-state index contributed by atoms with van der Waals surface area (Å²) in [6, 6.07) is 6.31. The lowest BCUT2D eigenvalue weighted by Gasteiger charge is -2.45. The first kappa shape index (κ1) is 19.3.